The molecule has 1 aromatic heterocycles. The molecule has 0 aliphatic heterocycles. The molecule has 1 heterocycles. The van der Waals surface area contributed by atoms with Crippen LogP contribution in [0.4, 0.5) is 0 Å². The monoisotopic (exact) mass is 187 g/mol. The largest absolute Gasteiger partial charge is 0.411 e. The summed E-state index contributed by atoms with van der Waals surface area (Å²) in [7, 11) is 0. The van der Waals surface area contributed by atoms with Gasteiger partial charge in [0.25, 0.3) is 0 Å². The van der Waals surface area contributed by atoms with Crippen molar-refractivity contribution in [1.29, 1.82) is 0 Å². The fourth-order valence-electron chi connectivity index (χ4n) is 0.767. The van der Waals surface area contributed by atoms with Crippen LogP contribution in [-0.2, 0) is 0 Å². The second-order valence-electron chi connectivity index (χ2n) is 2.00. The van der Waals surface area contributed by atoms with Crippen molar-refractivity contribution in [1.82, 2.24) is 0 Å². The van der Waals surface area contributed by atoms with Crippen molar-refractivity contribution in [3.8, 4) is 0 Å². The normalized spacial score (nSPS) is 12.0. The molecule has 0 aliphatic carbocycles. The minimum atomic E-state index is 0.685. The average molecular weight is 187 g/mol. The van der Waals surface area contributed by atoms with Crippen LogP contribution in [0.25, 0.3) is 0 Å². The van der Waals surface area contributed by atoms with Gasteiger partial charge in [0, 0.05) is 4.90 Å². The third-order valence-electron chi connectivity index (χ3n) is 1.33. The van der Waals surface area contributed by atoms with Crippen molar-refractivity contribution in [2.75, 3.05) is 6.26 Å². The van der Waals surface area contributed by atoms with Gasteiger partial charge in [0.05, 0.1) is 10.6 Å². The molecule has 0 aliphatic rings. The van der Waals surface area contributed by atoms with E-state index in [0.29, 0.717) is 5.71 Å². The molecule has 60 valence electrons. The Morgan fingerprint density at radius 3 is 3.00 bits per heavy atom. The Labute approximate surface area is 73.9 Å². The highest BCUT2D eigenvalue weighted by Crippen LogP contribution is 2.25. The smallest absolute Gasteiger partial charge is 0.0947 e. The molecule has 1 aromatic rings. The topological polar surface area (TPSA) is 32.6 Å². The van der Waals surface area contributed by atoms with Crippen LogP contribution in [-0.4, -0.2) is 17.2 Å². The zero-order valence-corrected chi connectivity index (χ0v) is 8.00. The summed E-state index contributed by atoms with van der Waals surface area (Å²) in [6.07, 6.45) is 2.01. The van der Waals surface area contributed by atoms with Gasteiger partial charge in [-0.3, -0.25) is 0 Å². The van der Waals surface area contributed by atoms with Crippen LogP contribution >= 0.6 is 23.1 Å². The Hall–Kier alpha value is -0.480. The quantitative estimate of drug-likeness (QED) is 0.334. The fraction of sp³-hybridized carbons (Fsp3) is 0.286. The summed E-state index contributed by atoms with van der Waals surface area (Å²) in [6, 6.07) is 2.03. The highest BCUT2D eigenvalue weighted by Gasteiger charge is 2.05. The Morgan fingerprint density at radius 2 is 2.45 bits per heavy atom. The summed E-state index contributed by atoms with van der Waals surface area (Å²) in [4.78, 5) is 2.23. The van der Waals surface area contributed by atoms with Gasteiger partial charge in [-0.2, -0.15) is 0 Å². The first-order valence-electron chi connectivity index (χ1n) is 3.10. The second-order valence-corrected chi connectivity index (χ2v) is 3.77. The highest BCUT2D eigenvalue weighted by atomic mass is 32.2. The van der Waals surface area contributed by atoms with Crippen molar-refractivity contribution in [3.05, 3.63) is 16.3 Å². The first kappa shape index (κ1) is 8.62. The van der Waals surface area contributed by atoms with E-state index in [1.165, 1.54) is 4.90 Å². The van der Waals surface area contributed by atoms with Gasteiger partial charge in [-0.05, 0) is 24.6 Å². The van der Waals surface area contributed by atoms with Crippen molar-refractivity contribution in [2.45, 2.75) is 11.8 Å². The number of thiophene rings is 1. The molecule has 0 spiro atoms. The van der Waals surface area contributed by atoms with E-state index >= 15 is 0 Å². The number of thioether (sulfide) groups is 1. The molecule has 0 fully saturated rings. The lowest BCUT2D eigenvalue weighted by Crippen LogP contribution is -1.91. The molecule has 0 saturated heterocycles. The van der Waals surface area contributed by atoms with Gasteiger partial charge in [0.1, 0.15) is 0 Å². The Bertz CT molecular complexity index is 267. The number of nitrogens with zero attached hydrogens (tertiary/aromatic N) is 1. The second kappa shape index (κ2) is 3.78. The first-order valence-corrected chi connectivity index (χ1v) is 5.20. The predicted octanol–water partition coefficient (Wildman–Crippen LogP) is 2.67. The molecule has 1 rings (SSSR count). The molecule has 0 amide bonds. The SMILES string of the molecule is CSc1ccsc1C(C)=NO. The molecule has 0 unspecified atom stereocenters. The molecule has 0 saturated carbocycles. The van der Waals surface area contributed by atoms with Crippen LogP contribution < -0.4 is 0 Å². The van der Waals surface area contributed by atoms with Gasteiger partial charge >= 0.3 is 0 Å². The van der Waals surface area contributed by atoms with E-state index < -0.39 is 0 Å². The lowest BCUT2D eigenvalue weighted by molar-refractivity contribution is 0.319. The number of rotatable bonds is 2. The molecule has 0 bridgehead atoms. The summed E-state index contributed by atoms with van der Waals surface area (Å²) >= 11 is 3.26. The van der Waals surface area contributed by atoms with Crippen molar-refractivity contribution in [2.24, 2.45) is 5.16 Å². The van der Waals surface area contributed by atoms with E-state index in [-0.39, 0.29) is 0 Å². The number of hydrogen-bond acceptors (Lipinski definition) is 4. The zero-order chi connectivity index (χ0) is 8.27. The molecule has 4 heteroatoms. The van der Waals surface area contributed by atoms with Crippen LogP contribution in [0.5, 0.6) is 0 Å². The summed E-state index contributed by atoms with van der Waals surface area (Å²) in [5.74, 6) is 0. The third-order valence-corrected chi connectivity index (χ3v) is 3.26. The lowest BCUT2D eigenvalue weighted by atomic mass is 10.3. The summed E-state index contributed by atoms with van der Waals surface area (Å²) in [6.45, 7) is 1.80. The molecule has 2 nitrogen and oxygen atoms in total. The van der Waals surface area contributed by atoms with E-state index in [4.69, 9.17) is 5.21 Å². The Kier molecular flexibility index (Phi) is 2.96. The van der Waals surface area contributed by atoms with Crippen LogP contribution in [0.3, 0.4) is 0 Å². The molecule has 0 radical (unpaired) electrons. The van der Waals surface area contributed by atoms with Crippen molar-refractivity contribution < 1.29 is 5.21 Å². The number of hydrogen-bond donors (Lipinski definition) is 1. The average Bonchev–Trinajstić information content (AvgIpc) is 2.50. The molecule has 11 heavy (non-hydrogen) atoms. The standard InChI is InChI=1S/C7H9NOS2/c1-5(8-9)7-6(10-2)3-4-11-7/h3-4,9H,1-2H3. The van der Waals surface area contributed by atoms with E-state index in [0.717, 1.165) is 4.88 Å². The van der Waals surface area contributed by atoms with Gasteiger partial charge in [-0.25, -0.2) is 0 Å². The van der Waals surface area contributed by atoms with Gasteiger partial charge in [-0.1, -0.05) is 5.16 Å². The summed E-state index contributed by atoms with van der Waals surface area (Å²) < 4.78 is 0. The minimum absolute atomic E-state index is 0.685. The highest BCUT2D eigenvalue weighted by molar-refractivity contribution is 7.98. The van der Waals surface area contributed by atoms with Gasteiger partial charge < -0.3 is 5.21 Å². The zero-order valence-electron chi connectivity index (χ0n) is 6.37. The fourth-order valence-corrected chi connectivity index (χ4v) is 2.52. The van der Waals surface area contributed by atoms with E-state index in [9.17, 15) is 0 Å². The van der Waals surface area contributed by atoms with Gasteiger partial charge in [0.2, 0.25) is 0 Å². The lowest BCUT2D eigenvalue weighted by Gasteiger charge is -1.95. The maximum atomic E-state index is 8.51. The molecule has 0 atom stereocenters. The number of oxime groups is 1. The molecular formula is C7H9NOS2. The van der Waals surface area contributed by atoms with Crippen LogP contribution in [0.2, 0.25) is 0 Å². The Morgan fingerprint density at radius 1 is 1.73 bits per heavy atom. The van der Waals surface area contributed by atoms with Crippen LogP contribution in [0, 0.1) is 0 Å². The van der Waals surface area contributed by atoms with Gasteiger partial charge in [-0.15, -0.1) is 23.1 Å². The van der Waals surface area contributed by atoms with Crippen LogP contribution in [0.1, 0.15) is 11.8 Å². The van der Waals surface area contributed by atoms with E-state index in [1.807, 2.05) is 17.7 Å². The molecule has 1 N–H and O–H groups in total. The van der Waals surface area contributed by atoms with Crippen molar-refractivity contribution >= 4 is 28.8 Å². The maximum Gasteiger partial charge on any atom is 0.0947 e. The van der Waals surface area contributed by atoms with E-state index in [1.54, 1.807) is 30.0 Å². The minimum Gasteiger partial charge on any atom is -0.411 e. The molecular weight excluding hydrogens is 178 g/mol. The van der Waals surface area contributed by atoms with Crippen LogP contribution in [0.15, 0.2) is 21.5 Å². The van der Waals surface area contributed by atoms with Crippen molar-refractivity contribution in [3.63, 3.8) is 0 Å². The Balaban J connectivity index is 3.02. The first-order chi connectivity index (χ1) is 5.29. The van der Waals surface area contributed by atoms with Gasteiger partial charge in [0.15, 0.2) is 0 Å². The molecule has 0 aromatic carbocycles. The predicted molar refractivity (Wildman–Crippen MR) is 50.1 cm³/mol. The maximum absolute atomic E-state index is 8.51. The third kappa shape index (κ3) is 1.75. The summed E-state index contributed by atoms with van der Waals surface area (Å²) in [5, 5.41) is 13.7. The van der Waals surface area contributed by atoms with E-state index in [2.05, 4.69) is 5.16 Å². The summed E-state index contributed by atoms with van der Waals surface area (Å²) in [5.41, 5.74) is 0.685.